The second kappa shape index (κ2) is 5.29. The van der Waals surface area contributed by atoms with E-state index in [0.29, 0.717) is 10.4 Å². The minimum atomic E-state index is -1.02. The number of carboxylic acids is 1. The number of hydrogen-bond donors (Lipinski definition) is 3. The van der Waals surface area contributed by atoms with Crippen LogP contribution in [0.4, 0.5) is 0 Å². The Balaban J connectivity index is 3.41. The van der Waals surface area contributed by atoms with Crippen molar-refractivity contribution in [2.24, 2.45) is 0 Å². The second-order valence-corrected chi connectivity index (χ2v) is 2.92. The van der Waals surface area contributed by atoms with Gasteiger partial charge in [0, 0.05) is 0 Å². The summed E-state index contributed by atoms with van der Waals surface area (Å²) in [6, 6.07) is 4.51. The summed E-state index contributed by atoms with van der Waals surface area (Å²) < 4.78 is 0. The van der Waals surface area contributed by atoms with Crippen molar-refractivity contribution in [3.05, 3.63) is 34.2 Å². The maximum Gasteiger partial charge on any atom is 0.335 e. The molecular formula is C11H12O4. The zero-order valence-electron chi connectivity index (χ0n) is 8.05. The monoisotopic (exact) mass is 208 g/mol. The summed E-state index contributed by atoms with van der Waals surface area (Å²) in [5.74, 6) is -1.02. The summed E-state index contributed by atoms with van der Waals surface area (Å²) >= 11 is 0. The highest BCUT2D eigenvalue weighted by atomic mass is 16.4. The first-order valence-electron chi connectivity index (χ1n) is 4.44. The molecule has 0 aliphatic rings. The van der Waals surface area contributed by atoms with E-state index in [1.54, 1.807) is 12.1 Å². The van der Waals surface area contributed by atoms with E-state index in [-0.39, 0.29) is 18.8 Å². The number of benzene rings is 1. The molecule has 4 heteroatoms. The smallest absolute Gasteiger partial charge is 0.335 e. The lowest BCUT2D eigenvalue weighted by Crippen LogP contribution is -2.26. The number of rotatable bonds is 3. The maximum absolute atomic E-state index is 10.7. The third-order valence-corrected chi connectivity index (χ3v) is 1.96. The predicted molar refractivity (Wildman–Crippen MR) is 55.8 cm³/mol. The van der Waals surface area contributed by atoms with Crippen LogP contribution >= 0.6 is 0 Å². The molecule has 0 unspecified atom stereocenters. The molecule has 0 aliphatic carbocycles. The highest BCUT2D eigenvalue weighted by molar-refractivity contribution is 5.87. The first-order chi connectivity index (χ1) is 7.19. The van der Waals surface area contributed by atoms with Crippen molar-refractivity contribution in [3.8, 4) is 0 Å². The van der Waals surface area contributed by atoms with E-state index in [2.05, 4.69) is 0 Å². The molecule has 0 spiro atoms. The summed E-state index contributed by atoms with van der Waals surface area (Å²) in [7, 11) is 0. The molecule has 1 aromatic carbocycles. The molecule has 0 bridgehead atoms. The number of carboxylic acid groups (broad SMARTS) is 1. The van der Waals surface area contributed by atoms with E-state index in [1.807, 2.05) is 0 Å². The molecule has 1 aromatic rings. The number of hydrogen-bond acceptors (Lipinski definition) is 3. The molecule has 0 amide bonds. The highest BCUT2D eigenvalue weighted by Crippen LogP contribution is 1.91. The maximum atomic E-state index is 10.7. The first kappa shape index (κ1) is 11.4. The molecule has 1 rings (SSSR count). The van der Waals surface area contributed by atoms with E-state index in [4.69, 9.17) is 15.3 Å². The second-order valence-electron chi connectivity index (χ2n) is 2.92. The SMILES string of the molecule is O=C(O)c1ccc(=CCO)c(=CCO)c1. The minimum absolute atomic E-state index is 0.126. The summed E-state index contributed by atoms with van der Waals surface area (Å²) in [5, 5.41) is 27.6. The average molecular weight is 208 g/mol. The third-order valence-electron chi connectivity index (χ3n) is 1.96. The van der Waals surface area contributed by atoms with Gasteiger partial charge in [0.05, 0.1) is 18.8 Å². The molecule has 15 heavy (non-hydrogen) atoms. The number of aliphatic hydroxyl groups excluding tert-OH is 2. The van der Waals surface area contributed by atoms with E-state index < -0.39 is 5.97 Å². The Morgan fingerprint density at radius 1 is 1.13 bits per heavy atom. The summed E-state index contributed by atoms with van der Waals surface area (Å²) in [6.07, 6.45) is 3.04. The summed E-state index contributed by atoms with van der Waals surface area (Å²) in [4.78, 5) is 10.7. The van der Waals surface area contributed by atoms with Crippen LogP contribution in [-0.4, -0.2) is 34.5 Å². The molecule has 3 N–H and O–H groups in total. The first-order valence-corrected chi connectivity index (χ1v) is 4.44. The highest BCUT2D eigenvalue weighted by Gasteiger charge is 2.00. The molecular weight excluding hydrogens is 196 g/mol. The van der Waals surface area contributed by atoms with Crippen LogP contribution in [0.1, 0.15) is 10.4 Å². The Labute approximate surface area is 86.4 Å². The minimum Gasteiger partial charge on any atom is -0.478 e. The van der Waals surface area contributed by atoms with Gasteiger partial charge in [-0.1, -0.05) is 18.2 Å². The average Bonchev–Trinajstić information content (AvgIpc) is 2.21. The molecule has 0 radical (unpaired) electrons. The van der Waals surface area contributed by atoms with Gasteiger partial charge in [-0.05, 0) is 22.6 Å². The molecule has 0 saturated carbocycles. The fourth-order valence-corrected chi connectivity index (χ4v) is 1.27. The normalized spacial score (nSPS) is 13.2. The Morgan fingerprint density at radius 3 is 2.27 bits per heavy atom. The molecule has 0 atom stereocenters. The van der Waals surface area contributed by atoms with Crippen LogP contribution in [0, 0.1) is 0 Å². The number of aromatic carboxylic acids is 1. The van der Waals surface area contributed by atoms with Gasteiger partial charge in [0.25, 0.3) is 0 Å². The number of carbonyl (C=O) groups is 1. The van der Waals surface area contributed by atoms with Crippen molar-refractivity contribution in [2.45, 2.75) is 0 Å². The summed E-state index contributed by atoms with van der Waals surface area (Å²) in [5.41, 5.74) is 0.157. The van der Waals surface area contributed by atoms with Crippen LogP contribution in [0.25, 0.3) is 12.2 Å². The standard InChI is InChI=1S/C11H12O4/c12-5-3-8-1-2-10(11(14)15)7-9(8)4-6-13/h1-4,7,12-13H,5-6H2,(H,14,15). The summed E-state index contributed by atoms with van der Waals surface area (Å²) in [6.45, 7) is -0.298. The Bertz CT molecular complexity index is 462. The van der Waals surface area contributed by atoms with Crippen molar-refractivity contribution in [3.63, 3.8) is 0 Å². The molecule has 0 aliphatic heterocycles. The van der Waals surface area contributed by atoms with Crippen molar-refractivity contribution in [1.29, 1.82) is 0 Å². The van der Waals surface area contributed by atoms with Crippen LogP contribution in [0.3, 0.4) is 0 Å². The lowest BCUT2D eigenvalue weighted by atomic mass is 10.1. The zero-order chi connectivity index (χ0) is 11.3. The zero-order valence-corrected chi connectivity index (χ0v) is 8.05. The van der Waals surface area contributed by atoms with E-state index in [1.165, 1.54) is 18.2 Å². The quantitative estimate of drug-likeness (QED) is 0.591. The van der Waals surface area contributed by atoms with Crippen LogP contribution < -0.4 is 10.4 Å². The molecule has 4 nitrogen and oxygen atoms in total. The Kier molecular flexibility index (Phi) is 4.03. The van der Waals surface area contributed by atoms with Crippen molar-refractivity contribution in [1.82, 2.24) is 0 Å². The predicted octanol–water partition coefficient (Wildman–Crippen LogP) is -1.07. The lowest BCUT2D eigenvalue weighted by molar-refractivity contribution is 0.0696. The number of aliphatic hydroxyl groups is 2. The van der Waals surface area contributed by atoms with Gasteiger partial charge < -0.3 is 15.3 Å². The van der Waals surface area contributed by atoms with Gasteiger partial charge in [-0.3, -0.25) is 0 Å². The van der Waals surface area contributed by atoms with Gasteiger partial charge in [0.1, 0.15) is 0 Å². The van der Waals surface area contributed by atoms with Gasteiger partial charge >= 0.3 is 5.97 Å². The van der Waals surface area contributed by atoms with Gasteiger partial charge in [-0.15, -0.1) is 0 Å². The molecule has 0 heterocycles. The van der Waals surface area contributed by atoms with Gasteiger partial charge in [0.2, 0.25) is 0 Å². The van der Waals surface area contributed by atoms with Crippen molar-refractivity contribution >= 4 is 18.1 Å². The molecule has 0 fully saturated rings. The van der Waals surface area contributed by atoms with E-state index in [9.17, 15) is 4.79 Å². The van der Waals surface area contributed by atoms with Crippen molar-refractivity contribution < 1.29 is 20.1 Å². The molecule has 0 aromatic heterocycles. The Hall–Kier alpha value is -1.65. The molecule has 80 valence electrons. The van der Waals surface area contributed by atoms with Crippen molar-refractivity contribution in [2.75, 3.05) is 13.2 Å². The van der Waals surface area contributed by atoms with E-state index in [0.717, 1.165) is 0 Å². The topological polar surface area (TPSA) is 77.8 Å². The molecule has 0 saturated heterocycles. The van der Waals surface area contributed by atoms with Crippen LogP contribution in [0.5, 0.6) is 0 Å². The lowest BCUT2D eigenvalue weighted by Gasteiger charge is -1.95. The van der Waals surface area contributed by atoms with E-state index >= 15 is 0 Å². The third kappa shape index (κ3) is 2.90. The Morgan fingerprint density at radius 2 is 1.73 bits per heavy atom. The van der Waals surface area contributed by atoms with Gasteiger partial charge in [0.15, 0.2) is 0 Å². The van der Waals surface area contributed by atoms with Gasteiger partial charge in [-0.25, -0.2) is 4.79 Å². The van der Waals surface area contributed by atoms with Gasteiger partial charge in [-0.2, -0.15) is 0 Å². The van der Waals surface area contributed by atoms with Crippen LogP contribution in [-0.2, 0) is 0 Å². The largest absolute Gasteiger partial charge is 0.478 e. The van der Waals surface area contributed by atoms with Crippen LogP contribution in [0.2, 0.25) is 0 Å². The fraction of sp³-hybridized carbons (Fsp3) is 0.182. The fourth-order valence-electron chi connectivity index (χ4n) is 1.27. The van der Waals surface area contributed by atoms with Crippen LogP contribution in [0.15, 0.2) is 18.2 Å².